The van der Waals surface area contributed by atoms with Gasteiger partial charge in [-0.25, -0.2) is 9.69 Å². The molecular formula is C22H21Cl2IN4O. The summed E-state index contributed by atoms with van der Waals surface area (Å²) in [4.78, 5) is 13.1. The molecule has 30 heavy (non-hydrogen) atoms. The van der Waals surface area contributed by atoms with Gasteiger partial charge in [-0.15, -0.1) is 0 Å². The van der Waals surface area contributed by atoms with Crippen molar-refractivity contribution < 1.29 is 4.79 Å². The van der Waals surface area contributed by atoms with Crippen LogP contribution in [0, 0.1) is 10.5 Å². The number of aromatic nitrogens is 2. The van der Waals surface area contributed by atoms with Crippen molar-refractivity contribution in [2.24, 2.45) is 0 Å². The molecular weight excluding hydrogens is 534 g/mol. The second kappa shape index (κ2) is 9.26. The molecule has 2 heterocycles. The highest BCUT2D eigenvalue weighted by molar-refractivity contribution is 14.1. The lowest BCUT2D eigenvalue weighted by Gasteiger charge is -2.26. The molecule has 2 aromatic carbocycles. The minimum atomic E-state index is -0.204. The van der Waals surface area contributed by atoms with Gasteiger partial charge in [0.15, 0.2) is 5.69 Å². The topological polar surface area (TPSA) is 50.2 Å². The van der Waals surface area contributed by atoms with Gasteiger partial charge in [0.1, 0.15) is 0 Å². The Balaban J connectivity index is 1.80. The maximum Gasteiger partial charge on any atom is 0.286 e. The summed E-state index contributed by atoms with van der Waals surface area (Å²) in [6.45, 7) is 3.64. The summed E-state index contributed by atoms with van der Waals surface area (Å²) >= 11 is 14.9. The zero-order valence-electron chi connectivity index (χ0n) is 16.5. The Bertz CT molecular complexity index is 1080. The van der Waals surface area contributed by atoms with Crippen molar-refractivity contribution in [1.82, 2.24) is 20.2 Å². The molecule has 1 fully saturated rings. The molecule has 1 saturated heterocycles. The summed E-state index contributed by atoms with van der Waals surface area (Å²) < 4.78 is 2.78. The highest BCUT2D eigenvalue weighted by atomic mass is 127. The smallest absolute Gasteiger partial charge is 0.283 e. The van der Waals surface area contributed by atoms with Crippen molar-refractivity contribution >= 4 is 51.7 Å². The minimum absolute atomic E-state index is 0.204. The number of nitrogens with one attached hydrogen (secondary N) is 1. The van der Waals surface area contributed by atoms with Crippen LogP contribution >= 0.6 is 45.8 Å². The summed E-state index contributed by atoms with van der Waals surface area (Å²) in [6.07, 6.45) is 3.37. The minimum Gasteiger partial charge on any atom is -0.283 e. The molecule has 1 aliphatic rings. The van der Waals surface area contributed by atoms with Crippen LogP contribution in [-0.4, -0.2) is 33.8 Å². The van der Waals surface area contributed by atoms with Crippen LogP contribution in [0.5, 0.6) is 0 Å². The number of hydrogen-bond acceptors (Lipinski definition) is 3. The molecule has 1 aliphatic heterocycles. The number of piperidine rings is 1. The van der Waals surface area contributed by atoms with Gasteiger partial charge in [0, 0.05) is 32.8 Å². The van der Waals surface area contributed by atoms with E-state index in [2.05, 4.69) is 28.0 Å². The fourth-order valence-electron chi connectivity index (χ4n) is 3.69. The van der Waals surface area contributed by atoms with E-state index in [0.717, 1.165) is 52.0 Å². The van der Waals surface area contributed by atoms with Crippen LogP contribution in [0.4, 0.5) is 0 Å². The number of benzene rings is 2. The van der Waals surface area contributed by atoms with E-state index in [1.165, 1.54) is 6.42 Å². The predicted molar refractivity (Wildman–Crippen MR) is 129 cm³/mol. The lowest BCUT2D eigenvalue weighted by Crippen LogP contribution is -2.45. The van der Waals surface area contributed by atoms with Crippen molar-refractivity contribution in [2.45, 2.75) is 26.2 Å². The number of halogens is 3. The molecule has 0 radical (unpaired) electrons. The first-order chi connectivity index (χ1) is 14.4. The average Bonchev–Trinajstić information content (AvgIpc) is 3.06. The molecule has 1 amide bonds. The third-order valence-electron chi connectivity index (χ3n) is 5.21. The highest BCUT2D eigenvalue weighted by Gasteiger charge is 2.24. The molecule has 0 spiro atoms. The number of amides is 1. The molecule has 5 nitrogen and oxygen atoms in total. The Labute approximate surface area is 199 Å². The van der Waals surface area contributed by atoms with Gasteiger partial charge in [-0.3, -0.25) is 10.2 Å². The van der Waals surface area contributed by atoms with E-state index in [1.54, 1.807) is 4.68 Å². The predicted octanol–water partition coefficient (Wildman–Crippen LogP) is 5.89. The van der Waals surface area contributed by atoms with E-state index < -0.39 is 0 Å². The third-order valence-corrected chi connectivity index (χ3v) is 6.43. The first kappa shape index (κ1) is 21.6. The summed E-state index contributed by atoms with van der Waals surface area (Å²) in [6, 6.07) is 13.3. The number of hydrogen-bond donors (Lipinski definition) is 1. The lowest BCUT2D eigenvalue weighted by atomic mass is 10.1. The normalized spacial score (nSPS) is 14.7. The SMILES string of the molecule is Cc1c(C(=O)NN2CCCCC2)nn(-c2ccc(I)cc2Cl)c1-c1ccc(Cl)cc1. The molecule has 1 aromatic heterocycles. The van der Waals surface area contributed by atoms with E-state index in [0.29, 0.717) is 15.7 Å². The van der Waals surface area contributed by atoms with Crippen LogP contribution in [0.1, 0.15) is 35.3 Å². The first-order valence-electron chi connectivity index (χ1n) is 9.81. The first-order valence-corrected chi connectivity index (χ1v) is 11.6. The van der Waals surface area contributed by atoms with Crippen LogP contribution in [0.3, 0.4) is 0 Å². The fourth-order valence-corrected chi connectivity index (χ4v) is 4.75. The fraction of sp³-hybridized carbons (Fsp3) is 0.273. The third kappa shape index (κ3) is 4.51. The lowest BCUT2D eigenvalue weighted by molar-refractivity contribution is 0.0743. The van der Waals surface area contributed by atoms with Crippen LogP contribution < -0.4 is 5.43 Å². The number of carbonyl (C=O) groups excluding carboxylic acids is 1. The number of rotatable bonds is 4. The number of hydrazine groups is 1. The Kier molecular flexibility index (Phi) is 6.67. The van der Waals surface area contributed by atoms with Crippen molar-refractivity contribution in [3.05, 3.63) is 67.3 Å². The maximum absolute atomic E-state index is 13.1. The summed E-state index contributed by atoms with van der Waals surface area (Å²) in [5.74, 6) is -0.204. The Morgan fingerprint density at radius 1 is 1.07 bits per heavy atom. The largest absolute Gasteiger partial charge is 0.286 e. The molecule has 8 heteroatoms. The van der Waals surface area contributed by atoms with Gasteiger partial charge in [-0.05, 0) is 72.7 Å². The molecule has 0 bridgehead atoms. The van der Waals surface area contributed by atoms with Gasteiger partial charge < -0.3 is 0 Å². The second-order valence-corrected chi connectivity index (χ2v) is 9.41. The summed E-state index contributed by atoms with van der Waals surface area (Å²) in [5, 5.41) is 7.89. The van der Waals surface area contributed by atoms with Crippen LogP contribution in [-0.2, 0) is 0 Å². The summed E-state index contributed by atoms with van der Waals surface area (Å²) in [7, 11) is 0. The molecule has 1 N–H and O–H groups in total. The van der Waals surface area contributed by atoms with E-state index >= 15 is 0 Å². The standard InChI is InChI=1S/C22H21Cl2IN4O/c1-14-20(22(30)27-28-11-3-2-4-12-28)26-29(19-10-9-17(25)13-18(19)24)21(14)15-5-7-16(23)8-6-15/h5-10,13H,2-4,11-12H2,1H3,(H,27,30). The Morgan fingerprint density at radius 2 is 1.77 bits per heavy atom. The monoisotopic (exact) mass is 554 g/mol. The van der Waals surface area contributed by atoms with Gasteiger partial charge in [0.25, 0.3) is 5.91 Å². The zero-order valence-corrected chi connectivity index (χ0v) is 20.1. The van der Waals surface area contributed by atoms with Crippen molar-refractivity contribution in [3.63, 3.8) is 0 Å². The van der Waals surface area contributed by atoms with Crippen LogP contribution in [0.15, 0.2) is 42.5 Å². The number of carbonyl (C=O) groups is 1. The van der Waals surface area contributed by atoms with Crippen molar-refractivity contribution in [3.8, 4) is 16.9 Å². The molecule has 0 saturated carbocycles. The Hall–Kier alpha value is -1.61. The molecule has 156 valence electrons. The van der Waals surface area contributed by atoms with Gasteiger partial charge in [-0.2, -0.15) is 5.10 Å². The average molecular weight is 555 g/mol. The van der Waals surface area contributed by atoms with Gasteiger partial charge in [-0.1, -0.05) is 41.8 Å². The molecule has 0 unspecified atom stereocenters. The molecule has 0 atom stereocenters. The van der Waals surface area contributed by atoms with Gasteiger partial charge in [0.05, 0.1) is 16.4 Å². The van der Waals surface area contributed by atoms with E-state index in [-0.39, 0.29) is 5.91 Å². The van der Waals surface area contributed by atoms with E-state index in [1.807, 2.05) is 54.4 Å². The second-order valence-electron chi connectivity index (χ2n) is 7.33. The van der Waals surface area contributed by atoms with E-state index in [4.69, 9.17) is 28.3 Å². The van der Waals surface area contributed by atoms with Gasteiger partial charge >= 0.3 is 0 Å². The van der Waals surface area contributed by atoms with Crippen LogP contribution in [0.25, 0.3) is 16.9 Å². The molecule has 3 aromatic rings. The Morgan fingerprint density at radius 3 is 2.43 bits per heavy atom. The zero-order chi connectivity index (χ0) is 21.3. The van der Waals surface area contributed by atoms with Crippen molar-refractivity contribution in [2.75, 3.05) is 13.1 Å². The molecule has 4 rings (SSSR count). The number of nitrogens with zero attached hydrogens (tertiary/aromatic N) is 3. The highest BCUT2D eigenvalue weighted by Crippen LogP contribution is 2.32. The maximum atomic E-state index is 13.1. The van der Waals surface area contributed by atoms with Gasteiger partial charge in [0.2, 0.25) is 0 Å². The van der Waals surface area contributed by atoms with Crippen molar-refractivity contribution in [1.29, 1.82) is 0 Å². The molecule has 0 aliphatic carbocycles. The van der Waals surface area contributed by atoms with E-state index in [9.17, 15) is 4.79 Å². The van der Waals surface area contributed by atoms with Crippen LogP contribution in [0.2, 0.25) is 10.0 Å². The summed E-state index contributed by atoms with van der Waals surface area (Å²) in [5.41, 5.74) is 6.65. The quantitative estimate of drug-likeness (QED) is 0.409.